The molecule has 0 radical (unpaired) electrons. The van der Waals surface area contributed by atoms with Crippen LogP contribution in [0.25, 0.3) is 0 Å². The third kappa shape index (κ3) is 1.93. The standard InChI is InChI=1S/C9H6ClFN2OS/c10-6-3-4(11)1-2-5(6)7-8(14)13-9(15)12-7/h1-3,7H,(H2,12,13,14,15). The highest BCUT2D eigenvalue weighted by molar-refractivity contribution is 7.80. The Balaban J connectivity index is 2.38. The number of rotatable bonds is 1. The lowest BCUT2D eigenvalue weighted by Crippen LogP contribution is -2.21. The molecular weight excluding hydrogens is 239 g/mol. The first kappa shape index (κ1) is 10.3. The quantitative estimate of drug-likeness (QED) is 0.736. The van der Waals surface area contributed by atoms with E-state index in [4.69, 9.17) is 23.8 Å². The Morgan fingerprint density at radius 3 is 2.73 bits per heavy atom. The molecule has 1 heterocycles. The average molecular weight is 245 g/mol. The fourth-order valence-corrected chi connectivity index (χ4v) is 1.87. The largest absolute Gasteiger partial charge is 0.347 e. The Morgan fingerprint density at radius 2 is 2.20 bits per heavy atom. The van der Waals surface area contributed by atoms with Crippen LogP contribution < -0.4 is 10.6 Å². The zero-order chi connectivity index (χ0) is 11.0. The number of thiocarbonyl (C=S) groups is 1. The van der Waals surface area contributed by atoms with Gasteiger partial charge in [-0.2, -0.15) is 0 Å². The van der Waals surface area contributed by atoms with Crippen LogP contribution in [0.3, 0.4) is 0 Å². The maximum Gasteiger partial charge on any atom is 0.253 e. The number of hydrogen-bond donors (Lipinski definition) is 2. The predicted molar refractivity (Wildman–Crippen MR) is 58.0 cm³/mol. The molecule has 3 nitrogen and oxygen atoms in total. The smallest absolute Gasteiger partial charge is 0.253 e. The van der Waals surface area contributed by atoms with Crippen molar-refractivity contribution in [3.63, 3.8) is 0 Å². The fraction of sp³-hybridized carbons (Fsp3) is 0.111. The van der Waals surface area contributed by atoms with Crippen molar-refractivity contribution in [1.82, 2.24) is 10.6 Å². The van der Waals surface area contributed by atoms with E-state index in [0.717, 1.165) is 6.07 Å². The summed E-state index contributed by atoms with van der Waals surface area (Å²) in [7, 11) is 0. The first-order chi connectivity index (χ1) is 7.08. The van der Waals surface area contributed by atoms with Crippen molar-refractivity contribution in [1.29, 1.82) is 0 Å². The van der Waals surface area contributed by atoms with Crippen molar-refractivity contribution in [2.45, 2.75) is 6.04 Å². The van der Waals surface area contributed by atoms with Gasteiger partial charge in [-0.25, -0.2) is 4.39 Å². The molecule has 1 aliphatic rings. The van der Waals surface area contributed by atoms with Gasteiger partial charge in [-0.3, -0.25) is 4.79 Å². The van der Waals surface area contributed by atoms with Crippen LogP contribution in [0.2, 0.25) is 5.02 Å². The van der Waals surface area contributed by atoms with Gasteiger partial charge in [-0.05, 0) is 24.4 Å². The van der Waals surface area contributed by atoms with Crippen LogP contribution in [0, 0.1) is 5.82 Å². The molecule has 1 fully saturated rings. The molecule has 1 atom stereocenters. The molecule has 15 heavy (non-hydrogen) atoms. The summed E-state index contributed by atoms with van der Waals surface area (Å²) in [6, 6.07) is 3.23. The van der Waals surface area contributed by atoms with Crippen molar-refractivity contribution < 1.29 is 9.18 Å². The van der Waals surface area contributed by atoms with Crippen LogP contribution in [0.1, 0.15) is 11.6 Å². The Bertz CT molecular complexity index is 452. The minimum Gasteiger partial charge on any atom is -0.347 e. The summed E-state index contributed by atoms with van der Waals surface area (Å²) in [5, 5.41) is 5.64. The molecule has 1 unspecified atom stereocenters. The van der Waals surface area contributed by atoms with Gasteiger partial charge in [-0.15, -0.1) is 0 Å². The average Bonchev–Trinajstić information content (AvgIpc) is 2.45. The lowest BCUT2D eigenvalue weighted by Gasteiger charge is -2.09. The predicted octanol–water partition coefficient (Wildman–Crippen LogP) is 1.52. The second kappa shape index (κ2) is 3.75. The molecule has 0 bridgehead atoms. The lowest BCUT2D eigenvalue weighted by atomic mass is 10.1. The summed E-state index contributed by atoms with van der Waals surface area (Å²) in [6.07, 6.45) is 0. The van der Waals surface area contributed by atoms with Crippen LogP contribution in [0.15, 0.2) is 18.2 Å². The van der Waals surface area contributed by atoms with E-state index in [2.05, 4.69) is 10.6 Å². The Labute approximate surface area is 95.6 Å². The second-order valence-electron chi connectivity index (χ2n) is 3.06. The highest BCUT2D eigenvalue weighted by atomic mass is 35.5. The third-order valence-electron chi connectivity index (χ3n) is 2.05. The van der Waals surface area contributed by atoms with Crippen molar-refractivity contribution in [3.8, 4) is 0 Å². The zero-order valence-electron chi connectivity index (χ0n) is 7.38. The molecule has 6 heteroatoms. The molecule has 1 amide bonds. The van der Waals surface area contributed by atoms with Crippen LogP contribution in [0.5, 0.6) is 0 Å². The van der Waals surface area contributed by atoms with Gasteiger partial charge in [0.05, 0.1) is 0 Å². The van der Waals surface area contributed by atoms with E-state index < -0.39 is 11.9 Å². The van der Waals surface area contributed by atoms with Gasteiger partial charge in [0.15, 0.2) is 5.11 Å². The van der Waals surface area contributed by atoms with Crippen molar-refractivity contribution in [2.24, 2.45) is 0 Å². The molecule has 0 saturated carbocycles. The first-order valence-electron chi connectivity index (χ1n) is 4.14. The molecule has 0 aliphatic carbocycles. The molecule has 1 aromatic carbocycles. The van der Waals surface area contributed by atoms with E-state index in [1.54, 1.807) is 0 Å². The van der Waals surface area contributed by atoms with Crippen LogP contribution in [0.4, 0.5) is 4.39 Å². The number of benzene rings is 1. The molecule has 78 valence electrons. The fourth-order valence-electron chi connectivity index (χ4n) is 1.37. The normalized spacial score (nSPS) is 20.0. The van der Waals surface area contributed by atoms with Gasteiger partial charge in [-0.1, -0.05) is 17.7 Å². The number of hydrogen-bond acceptors (Lipinski definition) is 2. The highest BCUT2D eigenvalue weighted by Gasteiger charge is 2.30. The monoisotopic (exact) mass is 244 g/mol. The molecule has 0 spiro atoms. The Morgan fingerprint density at radius 1 is 1.47 bits per heavy atom. The molecule has 1 saturated heterocycles. The first-order valence-corrected chi connectivity index (χ1v) is 4.93. The van der Waals surface area contributed by atoms with Gasteiger partial charge in [0.25, 0.3) is 5.91 Å². The summed E-state index contributed by atoms with van der Waals surface area (Å²) < 4.78 is 12.8. The van der Waals surface area contributed by atoms with Crippen molar-refractivity contribution >= 4 is 34.8 Å². The minimum atomic E-state index is -0.634. The Hall–Kier alpha value is -1.20. The van der Waals surface area contributed by atoms with Crippen LogP contribution >= 0.6 is 23.8 Å². The van der Waals surface area contributed by atoms with Gasteiger partial charge in [0, 0.05) is 10.6 Å². The maximum absolute atomic E-state index is 12.8. The van der Waals surface area contributed by atoms with E-state index in [0.29, 0.717) is 5.56 Å². The number of carbonyl (C=O) groups is 1. The summed E-state index contributed by atoms with van der Waals surface area (Å²) in [4.78, 5) is 11.4. The van der Waals surface area contributed by atoms with Gasteiger partial charge in [0.2, 0.25) is 0 Å². The van der Waals surface area contributed by atoms with E-state index in [9.17, 15) is 9.18 Å². The van der Waals surface area contributed by atoms with Crippen molar-refractivity contribution in [2.75, 3.05) is 0 Å². The van der Waals surface area contributed by atoms with Crippen LogP contribution in [-0.2, 0) is 4.79 Å². The van der Waals surface area contributed by atoms with E-state index in [-0.39, 0.29) is 16.0 Å². The van der Waals surface area contributed by atoms with Crippen LogP contribution in [-0.4, -0.2) is 11.0 Å². The summed E-state index contributed by atoms with van der Waals surface area (Å²) in [5.41, 5.74) is 0.510. The molecule has 1 aliphatic heterocycles. The lowest BCUT2D eigenvalue weighted by molar-refractivity contribution is -0.120. The number of amides is 1. The Kier molecular flexibility index (Phi) is 2.58. The number of halogens is 2. The highest BCUT2D eigenvalue weighted by Crippen LogP contribution is 2.25. The number of nitrogens with one attached hydrogen (secondary N) is 2. The molecule has 0 aromatic heterocycles. The summed E-state index contributed by atoms with van der Waals surface area (Å²) in [6.45, 7) is 0. The minimum absolute atomic E-state index is 0.201. The number of carbonyl (C=O) groups excluding carboxylic acids is 1. The molecular formula is C9H6ClFN2OS. The SMILES string of the molecule is O=C1NC(=S)NC1c1ccc(F)cc1Cl. The van der Waals surface area contributed by atoms with E-state index in [1.165, 1.54) is 12.1 Å². The zero-order valence-corrected chi connectivity index (χ0v) is 8.95. The summed E-state index contributed by atoms with van der Waals surface area (Å²) >= 11 is 10.6. The van der Waals surface area contributed by atoms with Gasteiger partial charge in [0.1, 0.15) is 11.9 Å². The van der Waals surface area contributed by atoms with E-state index >= 15 is 0 Å². The molecule has 2 rings (SSSR count). The van der Waals surface area contributed by atoms with Gasteiger partial charge >= 0.3 is 0 Å². The molecule has 1 aromatic rings. The topological polar surface area (TPSA) is 41.1 Å². The maximum atomic E-state index is 12.8. The van der Waals surface area contributed by atoms with E-state index in [1.807, 2.05) is 0 Å². The third-order valence-corrected chi connectivity index (χ3v) is 2.60. The summed E-state index contributed by atoms with van der Waals surface area (Å²) in [5.74, 6) is -0.724. The second-order valence-corrected chi connectivity index (χ2v) is 3.88. The van der Waals surface area contributed by atoms with Gasteiger partial charge < -0.3 is 10.6 Å². The van der Waals surface area contributed by atoms with Crippen molar-refractivity contribution in [3.05, 3.63) is 34.6 Å². The molecule has 2 N–H and O–H groups in total.